The van der Waals surface area contributed by atoms with E-state index >= 15 is 0 Å². The molecule has 0 aliphatic carbocycles. The fraction of sp³-hybridized carbons (Fsp3) is 0.308. The highest BCUT2D eigenvalue weighted by molar-refractivity contribution is 7.99. The zero-order valence-electron chi connectivity index (χ0n) is 13.4. The van der Waals surface area contributed by atoms with Crippen LogP contribution in [0.25, 0.3) is 0 Å². The molecule has 1 amide bonds. The summed E-state index contributed by atoms with van der Waals surface area (Å²) in [5, 5.41) is 21.2. The zero-order valence-corrected chi connectivity index (χ0v) is 15.0. The van der Waals surface area contributed by atoms with Crippen molar-refractivity contribution in [2.24, 2.45) is 12.8 Å². The summed E-state index contributed by atoms with van der Waals surface area (Å²) in [5.74, 6) is -4.10. The zero-order chi connectivity index (χ0) is 18.6. The Bertz CT molecular complexity index is 804. The molecule has 142 valence electrons. The first kappa shape index (κ1) is 21.7. The third-order valence-corrected chi connectivity index (χ3v) is 4.21. The Morgan fingerprint density at radius 1 is 1.50 bits per heavy atom. The van der Waals surface area contributed by atoms with Crippen LogP contribution in [-0.4, -0.2) is 44.6 Å². The van der Waals surface area contributed by atoms with Crippen molar-refractivity contribution in [3.8, 4) is 0 Å². The maximum atomic E-state index is 13.1. The second-order valence-electron chi connectivity index (χ2n) is 5.01. The van der Waals surface area contributed by atoms with Gasteiger partial charge in [-0.2, -0.15) is 0 Å². The number of carbonyl (C=O) groups excluding carboxylic acids is 1. The van der Waals surface area contributed by atoms with Crippen LogP contribution < -0.4 is 11.1 Å². The van der Waals surface area contributed by atoms with Gasteiger partial charge in [-0.3, -0.25) is 14.9 Å². The standard InChI is InChI=1S/C13H14F2N6O3S.ClH/c1-20-7-18-19-12(20)25-10-3-2-8(4-9(10)21(23)24)11(22)17-6-13(14,15)5-16;/h2-4,7H,5-6,16H2,1H3,(H,17,22);1H. The monoisotopic (exact) mass is 408 g/mol. The number of nitrogens with zero attached hydrogens (tertiary/aromatic N) is 4. The van der Waals surface area contributed by atoms with Gasteiger partial charge in [0.1, 0.15) is 6.33 Å². The highest BCUT2D eigenvalue weighted by atomic mass is 35.5. The second-order valence-corrected chi connectivity index (χ2v) is 6.02. The molecule has 0 saturated heterocycles. The number of nitrogens with one attached hydrogen (secondary N) is 1. The third kappa shape index (κ3) is 5.34. The van der Waals surface area contributed by atoms with Gasteiger partial charge in [0.2, 0.25) is 0 Å². The number of aromatic nitrogens is 3. The first-order valence-electron chi connectivity index (χ1n) is 6.90. The molecule has 3 N–H and O–H groups in total. The minimum atomic E-state index is -3.25. The van der Waals surface area contributed by atoms with E-state index in [-0.39, 0.29) is 28.6 Å². The molecule has 1 heterocycles. The largest absolute Gasteiger partial charge is 0.346 e. The summed E-state index contributed by atoms with van der Waals surface area (Å²) in [7, 11) is 1.67. The number of aryl methyl sites for hydroxylation is 1. The van der Waals surface area contributed by atoms with Gasteiger partial charge in [0.25, 0.3) is 17.5 Å². The molecule has 1 aromatic heterocycles. The summed E-state index contributed by atoms with van der Waals surface area (Å²) < 4.78 is 27.7. The minimum absolute atomic E-state index is 0. The highest BCUT2D eigenvalue weighted by Crippen LogP contribution is 2.34. The smallest absolute Gasteiger partial charge is 0.284 e. The van der Waals surface area contributed by atoms with Gasteiger partial charge in [-0.25, -0.2) is 8.78 Å². The predicted octanol–water partition coefficient (Wildman–Crippen LogP) is 1.62. The number of rotatable bonds is 7. The molecule has 0 unspecified atom stereocenters. The number of carbonyl (C=O) groups is 1. The van der Waals surface area contributed by atoms with E-state index in [1.807, 2.05) is 5.32 Å². The second kappa shape index (κ2) is 8.87. The van der Waals surface area contributed by atoms with Crippen LogP contribution in [0.1, 0.15) is 10.4 Å². The Hall–Kier alpha value is -2.31. The van der Waals surface area contributed by atoms with Crippen LogP contribution in [-0.2, 0) is 7.05 Å². The fourth-order valence-electron chi connectivity index (χ4n) is 1.73. The van der Waals surface area contributed by atoms with Crippen LogP contribution in [0.5, 0.6) is 0 Å². The van der Waals surface area contributed by atoms with Gasteiger partial charge in [0.15, 0.2) is 5.16 Å². The lowest BCUT2D eigenvalue weighted by molar-refractivity contribution is -0.387. The Balaban J connectivity index is 0.00000338. The van der Waals surface area contributed by atoms with Crippen LogP contribution in [0.2, 0.25) is 0 Å². The Labute approximate surface area is 156 Å². The molecule has 0 atom stereocenters. The molecule has 1 aromatic carbocycles. The van der Waals surface area contributed by atoms with Crippen molar-refractivity contribution in [1.82, 2.24) is 20.1 Å². The summed E-state index contributed by atoms with van der Waals surface area (Å²) in [6.45, 7) is -1.87. The molecule has 0 aliphatic rings. The number of alkyl halides is 2. The lowest BCUT2D eigenvalue weighted by Gasteiger charge is -2.14. The molecule has 0 spiro atoms. The van der Waals surface area contributed by atoms with Crippen LogP contribution in [0, 0.1) is 10.1 Å². The topological polar surface area (TPSA) is 129 Å². The maximum Gasteiger partial charge on any atom is 0.284 e. The number of hydrogen-bond acceptors (Lipinski definition) is 7. The van der Waals surface area contributed by atoms with Crippen LogP contribution >= 0.6 is 24.2 Å². The van der Waals surface area contributed by atoms with Crippen molar-refractivity contribution < 1.29 is 18.5 Å². The number of benzene rings is 1. The first-order chi connectivity index (χ1) is 11.7. The van der Waals surface area contributed by atoms with Crippen molar-refractivity contribution in [2.45, 2.75) is 16.0 Å². The van der Waals surface area contributed by atoms with E-state index in [1.54, 1.807) is 11.6 Å². The molecular weight excluding hydrogens is 394 g/mol. The third-order valence-electron chi connectivity index (χ3n) is 3.10. The normalized spacial score (nSPS) is 10.9. The van der Waals surface area contributed by atoms with E-state index in [2.05, 4.69) is 10.2 Å². The van der Waals surface area contributed by atoms with Crippen molar-refractivity contribution in [3.63, 3.8) is 0 Å². The van der Waals surface area contributed by atoms with E-state index < -0.39 is 29.8 Å². The Morgan fingerprint density at radius 3 is 2.73 bits per heavy atom. The molecular formula is C13H15ClF2N6O3S. The maximum absolute atomic E-state index is 13.1. The van der Waals surface area contributed by atoms with E-state index in [4.69, 9.17) is 5.73 Å². The number of nitro benzene ring substituents is 1. The van der Waals surface area contributed by atoms with Gasteiger partial charge in [0, 0.05) is 18.7 Å². The molecule has 9 nitrogen and oxygen atoms in total. The van der Waals surface area contributed by atoms with Gasteiger partial charge in [0.05, 0.1) is 22.9 Å². The Kier molecular flexibility index (Phi) is 7.41. The molecule has 0 fully saturated rings. The number of amides is 1. The van der Waals surface area contributed by atoms with Crippen LogP contribution in [0.3, 0.4) is 0 Å². The molecule has 0 bridgehead atoms. The van der Waals surface area contributed by atoms with E-state index in [0.29, 0.717) is 5.16 Å². The number of hydrogen-bond donors (Lipinski definition) is 2. The van der Waals surface area contributed by atoms with Gasteiger partial charge < -0.3 is 15.6 Å². The van der Waals surface area contributed by atoms with Gasteiger partial charge >= 0.3 is 0 Å². The molecule has 2 aromatic rings. The van der Waals surface area contributed by atoms with Crippen molar-refractivity contribution >= 4 is 35.8 Å². The van der Waals surface area contributed by atoms with Crippen LogP contribution in [0.15, 0.2) is 34.6 Å². The molecule has 13 heteroatoms. The lowest BCUT2D eigenvalue weighted by Crippen LogP contribution is -2.41. The number of nitrogens with two attached hydrogens (primary N) is 1. The van der Waals surface area contributed by atoms with E-state index in [0.717, 1.165) is 17.8 Å². The van der Waals surface area contributed by atoms with E-state index in [1.165, 1.54) is 18.5 Å². The molecule has 0 radical (unpaired) electrons. The Morgan fingerprint density at radius 2 is 2.19 bits per heavy atom. The summed E-state index contributed by atoms with van der Waals surface area (Å²) >= 11 is 0.997. The summed E-state index contributed by atoms with van der Waals surface area (Å²) in [4.78, 5) is 22.8. The van der Waals surface area contributed by atoms with Crippen LogP contribution in [0.4, 0.5) is 14.5 Å². The average molecular weight is 409 g/mol. The van der Waals surface area contributed by atoms with Gasteiger partial charge in [-0.15, -0.1) is 22.6 Å². The fourth-order valence-corrected chi connectivity index (χ4v) is 2.58. The van der Waals surface area contributed by atoms with Crippen molar-refractivity contribution in [1.29, 1.82) is 0 Å². The predicted molar refractivity (Wildman–Crippen MR) is 91.8 cm³/mol. The van der Waals surface area contributed by atoms with Crippen molar-refractivity contribution in [2.75, 3.05) is 13.1 Å². The lowest BCUT2D eigenvalue weighted by atomic mass is 10.2. The molecule has 26 heavy (non-hydrogen) atoms. The SMILES string of the molecule is Cl.Cn1cnnc1Sc1ccc(C(=O)NCC(F)(F)CN)cc1[N+](=O)[O-]. The van der Waals surface area contributed by atoms with Crippen molar-refractivity contribution in [3.05, 3.63) is 40.2 Å². The summed E-state index contributed by atoms with van der Waals surface area (Å²) in [6.07, 6.45) is 1.44. The average Bonchev–Trinajstić information content (AvgIpc) is 2.98. The molecule has 0 aliphatic heterocycles. The first-order valence-corrected chi connectivity index (χ1v) is 7.71. The molecule has 2 rings (SSSR count). The molecule has 0 saturated carbocycles. The van der Waals surface area contributed by atoms with Gasteiger partial charge in [-0.05, 0) is 23.9 Å². The number of halogens is 3. The summed E-state index contributed by atoms with van der Waals surface area (Å²) in [5.41, 5.74) is 4.43. The van der Waals surface area contributed by atoms with Gasteiger partial charge in [-0.1, -0.05) is 0 Å². The number of nitro groups is 1. The summed E-state index contributed by atoms with van der Waals surface area (Å²) in [6, 6.07) is 3.68. The highest BCUT2D eigenvalue weighted by Gasteiger charge is 2.28. The quantitative estimate of drug-likeness (QED) is 0.526. The van der Waals surface area contributed by atoms with E-state index in [9.17, 15) is 23.7 Å². The minimum Gasteiger partial charge on any atom is -0.346 e.